The van der Waals surface area contributed by atoms with Gasteiger partial charge in [0.2, 0.25) is 0 Å². The van der Waals surface area contributed by atoms with Crippen molar-refractivity contribution in [3.05, 3.63) is 41.2 Å². The lowest BCUT2D eigenvalue weighted by Gasteiger charge is -1.98. The summed E-state index contributed by atoms with van der Waals surface area (Å²) in [5, 5.41) is 8.79. The number of hydrogen-bond donors (Lipinski definition) is 0. The Balaban J connectivity index is 2.39. The summed E-state index contributed by atoms with van der Waals surface area (Å²) in [4.78, 5) is 8.32. The summed E-state index contributed by atoms with van der Waals surface area (Å²) < 4.78 is 0. The average molecular weight is 230 g/mol. The maximum Gasteiger partial charge on any atom is 0.148 e. The minimum absolute atomic E-state index is 0.380. The van der Waals surface area contributed by atoms with Crippen molar-refractivity contribution in [2.24, 2.45) is 0 Å². The van der Waals surface area contributed by atoms with E-state index in [-0.39, 0.29) is 0 Å². The lowest BCUT2D eigenvalue weighted by Crippen LogP contribution is -1.84. The molecule has 0 spiro atoms. The topological polar surface area (TPSA) is 49.6 Å². The Morgan fingerprint density at radius 1 is 1.38 bits per heavy atom. The van der Waals surface area contributed by atoms with Crippen LogP contribution in [0.2, 0.25) is 5.15 Å². The number of aromatic nitrogens is 2. The Hall–Kier alpha value is -1.92. The minimum Gasteiger partial charge on any atom is -0.251 e. The lowest BCUT2D eigenvalue weighted by atomic mass is 10.1. The molecule has 1 aromatic carbocycles. The fraction of sp³-hybridized carbons (Fsp3) is 0.0833. The summed E-state index contributed by atoms with van der Waals surface area (Å²) in [5.74, 6) is 0. The van der Waals surface area contributed by atoms with Crippen molar-refractivity contribution in [2.75, 3.05) is 0 Å². The number of halogens is 1. The van der Waals surface area contributed by atoms with Crippen molar-refractivity contribution in [3.8, 4) is 6.07 Å². The Labute approximate surface area is 98.0 Å². The van der Waals surface area contributed by atoms with E-state index in [9.17, 15) is 0 Å². The van der Waals surface area contributed by atoms with Crippen LogP contribution in [0.5, 0.6) is 0 Å². The number of benzene rings is 1. The SMILES string of the molecule is N#CCC=Cc1ccc2ncc(Cl)nc2c1. The van der Waals surface area contributed by atoms with Crippen LogP contribution in [0.4, 0.5) is 0 Å². The van der Waals surface area contributed by atoms with Crippen LogP contribution in [-0.2, 0) is 0 Å². The molecule has 2 aromatic rings. The van der Waals surface area contributed by atoms with E-state index in [1.807, 2.05) is 30.3 Å². The number of allylic oxidation sites excluding steroid dienone is 1. The first-order valence-electron chi connectivity index (χ1n) is 4.75. The molecule has 0 aliphatic rings. The summed E-state index contributed by atoms with van der Waals surface area (Å²) in [5.41, 5.74) is 2.55. The third-order valence-electron chi connectivity index (χ3n) is 2.06. The van der Waals surface area contributed by atoms with Crippen molar-refractivity contribution in [3.63, 3.8) is 0 Å². The molecule has 0 aliphatic heterocycles. The van der Waals surface area contributed by atoms with Gasteiger partial charge in [-0.05, 0) is 17.7 Å². The summed E-state index contributed by atoms with van der Waals surface area (Å²) in [7, 11) is 0. The largest absolute Gasteiger partial charge is 0.251 e. The van der Waals surface area contributed by atoms with Crippen LogP contribution in [0.15, 0.2) is 30.5 Å². The number of rotatable bonds is 2. The van der Waals surface area contributed by atoms with Gasteiger partial charge in [0.15, 0.2) is 0 Å². The molecule has 0 saturated carbocycles. The zero-order chi connectivity index (χ0) is 11.4. The highest BCUT2D eigenvalue weighted by atomic mass is 35.5. The van der Waals surface area contributed by atoms with E-state index < -0.39 is 0 Å². The second-order valence-electron chi connectivity index (χ2n) is 3.21. The van der Waals surface area contributed by atoms with Gasteiger partial charge in [-0.15, -0.1) is 0 Å². The molecule has 0 radical (unpaired) electrons. The van der Waals surface area contributed by atoms with Crippen LogP contribution in [0.3, 0.4) is 0 Å². The molecule has 0 amide bonds. The van der Waals surface area contributed by atoms with Gasteiger partial charge in [-0.2, -0.15) is 5.26 Å². The van der Waals surface area contributed by atoms with Crippen molar-refractivity contribution >= 4 is 28.7 Å². The molecule has 16 heavy (non-hydrogen) atoms. The number of nitrogens with zero attached hydrogens (tertiary/aromatic N) is 3. The molecule has 1 heterocycles. The standard InChI is InChI=1S/C12H8ClN3/c13-12-8-15-10-5-4-9(3-1-2-6-14)7-11(10)16-12/h1,3-5,7-8H,2H2. The van der Waals surface area contributed by atoms with E-state index in [0.29, 0.717) is 11.6 Å². The summed E-state index contributed by atoms with van der Waals surface area (Å²) in [6.07, 6.45) is 5.61. The number of hydrogen-bond acceptors (Lipinski definition) is 3. The van der Waals surface area contributed by atoms with E-state index >= 15 is 0 Å². The third-order valence-corrected chi connectivity index (χ3v) is 2.24. The molecule has 0 bridgehead atoms. The quantitative estimate of drug-likeness (QED) is 0.795. The maximum atomic E-state index is 8.41. The number of fused-ring (bicyclic) bond motifs is 1. The highest BCUT2D eigenvalue weighted by Gasteiger charge is 1.98. The lowest BCUT2D eigenvalue weighted by molar-refractivity contribution is 1.29. The molecule has 0 fully saturated rings. The predicted molar refractivity (Wildman–Crippen MR) is 63.8 cm³/mol. The summed E-state index contributed by atoms with van der Waals surface area (Å²) in [6, 6.07) is 7.75. The van der Waals surface area contributed by atoms with Gasteiger partial charge in [0.05, 0.1) is 29.7 Å². The Bertz CT molecular complexity index is 584. The monoisotopic (exact) mass is 229 g/mol. The van der Waals surface area contributed by atoms with Gasteiger partial charge in [0.1, 0.15) is 5.15 Å². The molecule has 78 valence electrons. The van der Waals surface area contributed by atoms with E-state index in [1.165, 1.54) is 6.20 Å². The van der Waals surface area contributed by atoms with Crippen molar-refractivity contribution in [1.82, 2.24) is 9.97 Å². The van der Waals surface area contributed by atoms with Gasteiger partial charge >= 0.3 is 0 Å². The average Bonchev–Trinajstić information content (AvgIpc) is 2.29. The third kappa shape index (κ3) is 2.36. The summed E-state index contributed by atoms with van der Waals surface area (Å²) >= 11 is 5.76. The second kappa shape index (κ2) is 4.73. The first kappa shape index (κ1) is 10.6. The molecule has 0 saturated heterocycles. The van der Waals surface area contributed by atoms with E-state index in [0.717, 1.165) is 16.6 Å². The molecule has 2 rings (SSSR count). The zero-order valence-electron chi connectivity index (χ0n) is 8.39. The molecule has 0 aliphatic carbocycles. The molecule has 1 aromatic heterocycles. The Morgan fingerprint density at radius 3 is 3.06 bits per heavy atom. The number of nitriles is 1. The van der Waals surface area contributed by atoms with Crippen LogP contribution in [0.1, 0.15) is 12.0 Å². The molecule has 0 atom stereocenters. The molecule has 3 nitrogen and oxygen atoms in total. The zero-order valence-corrected chi connectivity index (χ0v) is 9.15. The highest BCUT2D eigenvalue weighted by Crippen LogP contribution is 2.15. The second-order valence-corrected chi connectivity index (χ2v) is 3.59. The van der Waals surface area contributed by atoms with E-state index in [4.69, 9.17) is 16.9 Å². The van der Waals surface area contributed by atoms with Crippen LogP contribution in [0.25, 0.3) is 17.1 Å². The highest BCUT2D eigenvalue weighted by molar-refractivity contribution is 6.29. The predicted octanol–water partition coefficient (Wildman–Crippen LogP) is 3.21. The fourth-order valence-electron chi connectivity index (χ4n) is 1.36. The first-order chi connectivity index (χ1) is 7.79. The first-order valence-corrected chi connectivity index (χ1v) is 5.13. The van der Waals surface area contributed by atoms with Gasteiger partial charge in [-0.1, -0.05) is 29.8 Å². The smallest absolute Gasteiger partial charge is 0.148 e. The molecule has 0 unspecified atom stereocenters. The van der Waals surface area contributed by atoms with Crippen LogP contribution in [0, 0.1) is 11.3 Å². The van der Waals surface area contributed by atoms with Gasteiger partial charge in [0, 0.05) is 0 Å². The normalized spacial score (nSPS) is 10.8. The van der Waals surface area contributed by atoms with Crippen molar-refractivity contribution < 1.29 is 0 Å². The summed E-state index contributed by atoms with van der Waals surface area (Å²) in [6.45, 7) is 0. The molecular formula is C12H8ClN3. The van der Waals surface area contributed by atoms with Crippen LogP contribution in [-0.4, -0.2) is 9.97 Å². The molecular weight excluding hydrogens is 222 g/mol. The molecule has 0 N–H and O–H groups in total. The van der Waals surface area contributed by atoms with Gasteiger partial charge < -0.3 is 0 Å². The Kier molecular flexibility index (Phi) is 3.13. The van der Waals surface area contributed by atoms with Crippen molar-refractivity contribution in [2.45, 2.75) is 6.42 Å². The Morgan fingerprint density at radius 2 is 2.25 bits per heavy atom. The fourth-order valence-corrected chi connectivity index (χ4v) is 1.50. The van der Waals surface area contributed by atoms with E-state index in [1.54, 1.807) is 6.08 Å². The van der Waals surface area contributed by atoms with Crippen molar-refractivity contribution in [1.29, 1.82) is 5.26 Å². The van der Waals surface area contributed by atoms with E-state index in [2.05, 4.69) is 9.97 Å². The van der Waals surface area contributed by atoms with Gasteiger partial charge in [0.25, 0.3) is 0 Å². The molecule has 4 heteroatoms. The van der Waals surface area contributed by atoms with Crippen LogP contribution < -0.4 is 0 Å². The van der Waals surface area contributed by atoms with Gasteiger partial charge in [-0.3, -0.25) is 4.98 Å². The minimum atomic E-state index is 0.380. The van der Waals surface area contributed by atoms with Crippen LogP contribution >= 0.6 is 11.6 Å². The maximum absolute atomic E-state index is 8.41. The van der Waals surface area contributed by atoms with Gasteiger partial charge in [-0.25, -0.2) is 4.98 Å².